The van der Waals surface area contributed by atoms with Gasteiger partial charge < -0.3 is 5.73 Å². The molecule has 3 unspecified atom stereocenters. The zero-order valence-corrected chi connectivity index (χ0v) is 9.05. The van der Waals surface area contributed by atoms with E-state index in [1.165, 1.54) is 38.5 Å². The normalized spacial score (nSPS) is 45.2. The van der Waals surface area contributed by atoms with Gasteiger partial charge in [-0.2, -0.15) is 0 Å². The fraction of sp³-hybridized carbons (Fsp3) is 1.00. The fourth-order valence-corrected chi connectivity index (χ4v) is 3.53. The summed E-state index contributed by atoms with van der Waals surface area (Å²) in [6, 6.07) is 0.540. The van der Waals surface area contributed by atoms with Gasteiger partial charge in [-0.25, -0.2) is 0 Å². The molecule has 2 saturated carbocycles. The van der Waals surface area contributed by atoms with Crippen LogP contribution in [0.4, 0.5) is 0 Å². The minimum atomic E-state index is 0.540. The van der Waals surface area contributed by atoms with E-state index in [2.05, 4.69) is 13.8 Å². The summed E-state index contributed by atoms with van der Waals surface area (Å²) in [5, 5.41) is 0. The molecule has 2 N–H and O–H groups in total. The van der Waals surface area contributed by atoms with Crippen LogP contribution in [0.3, 0.4) is 0 Å². The maximum atomic E-state index is 6.13. The van der Waals surface area contributed by atoms with Crippen LogP contribution < -0.4 is 5.73 Å². The molecule has 2 aliphatic rings. The van der Waals surface area contributed by atoms with E-state index in [4.69, 9.17) is 5.73 Å². The van der Waals surface area contributed by atoms with Gasteiger partial charge in [-0.1, -0.05) is 33.1 Å². The van der Waals surface area contributed by atoms with Gasteiger partial charge in [-0.05, 0) is 36.5 Å². The third-order valence-electron chi connectivity index (χ3n) is 4.38. The Labute approximate surface area is 82.1 Å². The van der Waals surface area contributed by atoms with Crippen LogP contribution in [0, 0.1) is 17.3 Å². The SMILES string of the molecule is CC(C)C1CCCCCC12CC2N. The van der Waals surface area contributed by atoms with Gasteiger partial charge >= 0.3 is 0 Å². The van der Waals surface area contributed by atoms with Gasteiger partial charge in [0, 0.05) is 6.04 Å². The average molecular weight is 181 g/mol. The molecule has 0 aromatic rings. The van der Waals surface area contributed by atoms with Crippen LogP contribution >= 0.6 is 0 Å². The van der Waals surface area contributed by atoms with Crippen molar-refractivity contribution in [2.24, 2.45) is 23.0 Å². The van der Waals surface area contributed by atoms with E-state index in [0.717, 1.165) is 11.8 Å². The second-order valence-corrected chi connectivity index (χ2v) is 5.49. The molecule has 2 aliphatic carbocycles. The van der Waals surface area contributed by atoms with E-state index in [-0.39, 0.29) is 0 Å². The zero-order chi connectivity index (χ0) is 9.47. The van der Waals surface area contributed by atoms with Crippen molar-refractivity contribution in [1.29, 1.82) is 0 Å². The van der Waals surface area contributed by atoms with E-state index >= 15 is 0 Å². The Kier molecular flexibility index (Phi) is 2.39. The van der Waals surface area contributed by atoms with Crippen molar-refractivity contribution in [2.45, 2.75) is 58.4 Å². The Balaban J connectivity index is 2.11. The maximum absolute atomic E-state index is 6.13. The van der Waals surface area contributed by atoms with Crippen LogP contribution in [0.2, 0.25) is 0 Å². The largest absolute Gasteiger partial charge is 0.327 e. The van der Waals surface area contributed by atoms with Gasteiger partial charge in [0.05, 0.1) is 0 Å². The van der Waals surface area contributed by atoms with Crippen molar-refractivity contribution in [3.05, 3.63) is 0 Å². The van der Waals surface area contributed by atoms with Crippen molar-refractivity contribution in [2.75, 3.05) is 0 Å². The maximum Gasteiger partial charge on any atom is 0.0105 e. The Morgan fingerprint density at radius 2 is 1.92 bits per heavy atom. The van der Waals surface area contributed by atoms with Crippen molar-refractivity contribution in [1.82, 2.24) is 0 Å². The van der Waals surface area contributed by atoms with Crippen molar-refractivity contribution in [3.63, 3.8) is 0 Å². The van der Waals surface area contributed by atoms with Crippen LogP contribution in [0.15, 0.2) is 0 Å². The lowest BCUT2D eigenvalue weighted by Crippen LogP contribution is -2.26. The molecular weight excluding hydrogens is 158 g/mol. The first kappa shape index (κ1) is 9.51. The molecule has 3 atom stereocenters. The molecule has 0 bridgehead atoms. The first-order valence-electron chi connectivity index (χ1n) is 5.92. The lowest BCUT2D eigenvalue weighted by atomic mass is 9.77. The smallest absolute Gasteiger partial charge is 0.0105 e. The first-order valence-corrected chi connectivity index (χ1v) is 5.92. The van der Waals surface area contributed by atoms with Crippen molar-refractivity contribution >= 4 is 0 Å². The molecule has 1 spiro atoms. The Bertz CT molecular complexity index is 188. The van der Waals surface area contributed by atoms with E-state index in [9.17, 15) is 0 Å². The summed E-state index contributed by atoms with van der Waals surface area (Å²) in [6.45, 7) is 4.76. The summed E-state index contributed by atoms with van der Waals surface area (Å²) in [5.74, 6) is 1.76. The molecule has 0 aliphatic heterocycles. The lowest BCUT2D eigenvalue weighted by Gasteiger charge is -2.29. The molecule has 0 aromatic heterocycles. The van der Waals surface area contributed by atoms with Gasteiger partial charge in [0.2, 0.25) is 0 Å². The fourth-order valence-electron chi connectivity index (χ4n) is 3.53. The van der Waals surface area contributed by atoms with Crippen LogP contribution in [-0.4, -0.2) is 6.04 Å². The molecule has 2 fully saturated rings. The second-order valence-electron chi connectivity index (χ2n) is 5.49. The van der Waals surface area contributed by atoms with Gasteiger partial charge in [0.25, 0.3) is 0 Å². The Morgan fingerprint density at radius 3 is 2.46 bits per heavy atom. The Hall–Kier alpha value is -0.0400. The van der Waals surface area contributed by atoms with Gasteiger partial charge in [-0.15, -0.1) is 0 Å². The van der Waals surface area contributed by atoms with Gasteiger partial charge in [0.1, 0.15) is 0 Å². The third-order valence-corrected chi connectivity index (χ3v) is 4.38. The molecule has 0 aromatic carbocycles. The standard InChI is InChI=1S/C12H23N/c1-9(2)10-6-4-3-5-7-12(10)8-11(12)13/h9-11H,3-8,13H2,1-2H3. The second kappa shape index (κ2) is 3.27. The monoisotopic (exact) mass is 181 g/mol. The van der Waals surface area contributed by atoms with Gasteiger partial charge in [0.15, 0.2) is 0 Å². The van der Waals surface area contributed by atoms with Crippen molar-refractivity contribution < 1.29 is 0 Å². The summed E-state index contributed by atoms with van der Waals surface area (Å²) in [7, 11) is 0. The summed E-state index contributed by atoms with van der Waals surface area (Å²) in [4.78, 5) is 0. The van der Waals surface area contributed by atoms with Crippen LogP contribution in [-0.2, 0) is 0 Å². The molecule has 13 heavy (non-hydrogen) atoms. The lowest BCUT2D eigenvalue weighted by molar-refractivity contribution is 0.209. The topological polar surface area (TPSA) is 26.0 Å². The highest BCUT2D eigenvalue weighted by Crippen LogP contribution is 2.59. The van der Waals surface area contributed by atoms with Gasteiger partial charge in [-0.3, -0.25) is 0 Å². The molecule has 2 rings (SSSR count). The molecule has 76 valence electrons. The summed E-state index contributed by atoms with van der Waals surface area (Å²) in [6.07, 6.45) is 8.48. The molecule has 0 amide bonds. The van der Waals surface area contributed by atoms with E-state index < -0.39 is 0 Å². The highest BCUT2D eigenvalue weighted by molar-refractivity contribution is 5.10. The molecule has 0 saturated heterocycles. The first-order chi connectivity index (χ1) is 6.17. The van der Waals surface area contributed by atoms with E-state index in [1.807, 2.05) is 0 Å². The molecule has 1 nitrogen and oxygen atoms in total. The van der Waals surface area contributed by atoms with E-state index in [0.29, 0.717) is 11.5 Å². The molecule has 0 heterocycles. The molecular formula is C12H23N. The zero-order valence-electron chi connectivity index (χ0n) is 9.05. The van der Waals surface area contributed by atoms with Crippen LogP contribution in [0.5, 0.6) is 0 Å². The number of rotatable bonds is 1. The molecule has 1 heteroatoms. The van der Waals surface area contributed by atoms with E-state index in [1.54, 1.807) is 0 Å². The Morgan fingerprint density at radius 1 is 1.23 bits per heavy atom. The summed E-state index contributed by atoms with van der Waals surface area (Å²) in [5.41, 5.74) is 6.72. The minimum Gasteiger partial charge on any atom is -0.327 e. The quantitative estimate of drug-likeness (QED) is 0.661. The molecule has 0 radical (unpaired) electrons. The summed E-state index contributed by atoms with van der Waals surface area (Å²) >= 11 is 0. The predicted molar refractivity (Wildman–Crippen MR) is 56.4 cm³/mol. The number of nitrogens with two attached hydrogens (primary N) is 1. The van der Waals surface area contributed by atoms with Crippen LogP contribution in [0.25, 0.3) is 0 Å². The summed E-state index contributed by atoms with van der Waals surface area (Å²) < 4.78 is 0. The number of hydrogen-bond donors (Lipinski definition) is 1. The predicted octanol–water partition coefficient (Wildman–Crippen LogP) is 2.94. The minimum absolute atomic E-state index is 0.540. The third kappa shape index (κ3) is 1.52. The van der Waals surface area contributed by atoms with Crippen LogP contribution in [0.1, 0.15) is 52.4 Å². The highest BCUT2D eigenvalue weighted by Gasteiger charge is 2.56. The van der Waals surface area contributed by atoms with Crippen molar-refractivity contribution in [3.8, 4) is 0 Å². The average Bonchev–Trinajstić information content (AvgIpc) is 2.75. The highest BCUT2D eigenvalue weighted by atomic mass is 14.8. The number of hydrogen-bond acceptors (Lipinski definition) is 1.